The van der Waals surface area contributed by atoms with E-state index in [1.165, 1.54) is 17.8 Å². The van der Waals surface area contributed by atoms with Crippen molar-refractivity contribution in [2.24, 2.45) is 5.73 Å². The molecule has 0 aromatic carbocycles. The number of nitrogens with one attached hydrogen (secondary N) is 2. The maximum atomic E-state index is 11.0. The summed E-state index contributed by atoms with van der Waals surface area (Å²) in [6, 6.07) is 4.03. The smallest absolute Gasteiger partial charge is 0.258 e. The highest BCUT2D eigenvalue weighted by molar-refractivity contribution is 7.14. The van der Waals surface area contributed by atoms with Crippen LogP contribution in [0, 0.1) is 5.41 Å². The van der Waals surface area contributed by atoms with Crippen LogP contribution in [0.4, 0.5) is 0 Å². The van der Waals surface area contributed by atoms with Crippen LogP contribution >= 0.6 is 11.3 Å². The van der Waals surface area contributed by atoms with Crippen molar-refractivity contribution in [2.75, 3.05) is 0 Å². The summed E-state index contributed by atoms with van der Waals surface area (Å²) in [5.74, 6) is 0.284. The number of hydrogen-bond donors (Lipinski definition) is 3. The van der Waals surface area contributed by atoms with E-state index in [1.54, 1.807) is 6.07 Å². The Morgan fingerprint density at radius 2 is 2.37 bits per heavy atom. The molecular formula is C14H19N3OS. The van der Waals surface area contributed by atoms with Crippen LogP contribution in [0.5, 0.6) is 0 Å². The molecule has 1 aromatic heterocycles. The average Bonchev–Trinajstić information content (AvgIpc) is 2.74. The van der Waals surface area contributed by atoms with Crippen molar-refractivity contribution in [1.29, 1.82) is 5.41 Å². The van der Waals surface area contributed by atoms with Crippen LogP contribution in [-0.4, -0.2) is 17.8 Å². The molecule has 1 atom stereocenters. The minimum absolute atomic E-state index is 0.363. The van der Waals surface area contributed by atoms with Crippen molar-refractivity contribution in [3.05, 3.63) is 28.0 Å². The maximum absolute atomic E-state index is 11.0. The first-order valence-electron chi connectivity index (χ1n) is 6.55. The lowest BCUT2D eigenvalue weighted by Gasteiger charge is -2.14. The van der Waals surface area contributed by atoms with Crippen LogP contribution in [0.15, 0.2) is 18.2 Å². The summed E-state index contributed by atoms with van der Waals surface area (Å²) in [5, 5.41) is 11.0. The first kappa shape index (κ1) is 13.8. The molecule has 2 heterocycles. The summed E-state index contributed by atoms with van der Waals surface area (Å²) in [4.78, 5) is 12.6. The van der Waals surface area contributed by atoms with E-state index in [1.807, 2.05) is 12.1 Å². The molecule has 2 rings (SSSR count). The van der Waals surface area contributed by atoms with E-state index in [0.29, 0.717) is 16.8 Å². The van der Waals surface area contributed by atoms with Crippen LogP contribution in [0.2, 0.25) is 0 Å². The molecule has 0 saturated carbocycles. The first-order valence-corrected chi connectivity index (χ1v) is 7.37. The van der Waals surface area contributed by atoms with Crippen LogP contribution in [0.25, 0.3) is 6.08 Å². The normalized spacial score (nSPS) is 20.2. The Morgan fingerprint density at radius 3 is 3.11 bits per heavy atom. The molecule has 102 valence electrons. The second-order valence-corrected chi connectivity index (χ2v) is 5.89. The van der Waals surface area contributed by atoms with Gasteiger partial charge >= 0.3 is 0 Å². The van der Waals surface area contributed by atoms with Gasteiger partial charge in [0.2, 0.25) is 0 Å². The topological polar surface area (TPSA) is 79.0 Å². The third-order valence-corrected chi connectivity index (χ3v) is 4.25. The molecule has 1 aliphatic heterocycles. The second kappa shape index (κ2) is 6.52. The van der Waals surface area contributed by atoms with Crippen molar-refractivity contribution in [1.82, 2.24) is 5.32 Å². The third-order valence-electron chi connectivity index (χ3n) is 3.18. The Balaban J connectivity index is 1.87. The number of amides is 1. The zero-order valence-corrected chi connectivity index (χ0v) is 11.6. The fourth-order valence-corrected chi connectivity index (χ4v) is 2.97. The number of nitrogens with two attached hydrogens (primary N) is 1. The number of carbonyl (C=O) groups is 1. The van der Waals surface area contributed by atoms with Gasteiger partial charge < -0.3 is 11.1 Å². The number of thiophene rings is 1. The van der Waals surface area contributed by atoms with Crippen molar-refractivity contribution < 1.29 is 4.79 Å². The average molecular weight is 277 g/mol. The molecule has 1 fully saturated rings. The van der Waals surface area contributed by atoms with Crippen molar-refractivity contribution in [3.63, 3.8) is 0 Å². The van der Waals surface area contributed by atoms with E-state index >= 15 is 0 Å². The van der Waals surface area contributed by atoms with E-state index in [4.69, 9.17) is 11.1 Å². The summed E-state index contributed by atoms with van der Waals surface area (Å²) in [6.07, 6.45) is 9.31. The third kappa shape index (κ3) is 4.21. The number of primary amides is 1. The number of rotatable bonds is 4. The Bertz CT molecular complexity index is 493. The fourth-order valence-electron chi connectivity index (χ4n) is 2.18. The molecule has 1 amide bonds. The van der Waals surface area contributed by atoms with Gasteiger partial charge in [0.05, 0.1) is 10.7 Å². The standard InChI is InChI=1S/C14H19N3OS/c15-13-7-2-1-4-10(17-13)5-3-6-11-8-9-12(19-11)14(16)18/h3,6,8-10H,1-2,4-5,7H2,(H2,15,17)(H2,16,18)/b6-3+. The van der Waals surface area contributed by atoms with Crippen molar-refractivity contribution in [2.45, 2.75) is 38.1 Å². The molecule has 0 radical (unpaired) electrons. The van der Waals surface area contributed by atoms with Gasteiger partial charge in [-0.1, -0.05) is 12.5 Å². The molecule has 4 N–H and O–H groups in total. The first-order chi connectivity index (χ1) is 9.15. The quantitative estimate of drug-likeness (QED) is 0.791. The van der Waals surface area contributed by atoms with Crippen LogP contribution < -0.4 is 11.1 Å². The minimum Gasteiger partial charge on any atom is -0.371 e. The Morgan fingerprint density at radius 1 is 1.53 bits per heavy atom. The van der Waals surface area contributed by atoms with Crippen molar-refractivity contribution in [3.8, 4) is 0 Å². The highest BCUT2D eigenvalue weighted by atomic mass is 32.1. The van der Waals surface area contributed by atoms with Crippen molar-refractivity contribution >= 4 is 29.2 Å². The van der Waals surface area contributed by atoms with E-state index in [2.05, 4.69) is 11.4 Å². The summed E-state index contributed by atoms with van der Waals surface area (Å²) in [6.45, 7) is 0. The lowest BCUT2D eigenvalue weighted by molar-refractivity contribution is 0.100. The minimum atomic E-state index is -0.372. The molecule has 1 aromatic rings. The zero-order chi connectivity index (χ0) is 13.7. The van der Waals surface area contributed by atoms with E-state index in [9.17, 15) is 4.79 Å². The summed E-state index contributed by atoms with van der Waals surface area (Å²) in [5.41, 5.74) is 5.22. The van der Waals surface area contributed by atoms with E-state index in [0.717, 1.165) is 30.6 Å². The lowest BCUT2D eigenvalue weighted by atomic mass is 10.1. The monoisotopic (exact) mass is 277 g/mol. The number of carbonyl (C=O) groups excluding carboxylic acids is 1. The Labute approximate surface area is 117 Å². The molecule has 4 nitrogen and oxygen atoms in total. The molecular weight excluding hydrogens is 258 g/mol. The van der Waals surface area contributed by atoms with E-state index in [-0.39, 0.29) is 5.91 Å². The van der Waals surface area contributed by atoms with Gasteiger partial charge in [0.1, 0.15) is 0 Å². The molecule has 0 bridgehead atoms. The summed E-state index contributed by atoms with van der Waals surface area (Å²) < 4.78 is 0. The summed E-state index contributed by atoms with van der Waals surface area (Å²) in [7, 11) is 0. The van der Waals surface area contributed by atoms with Gasteiger partial charge in [-0.25, -0.2) is 0 Å². The Hall–Kier alpha value is -1.62. The van der Waals surface area contributed by atoms with Gasteiger partial charge in [-0.2, -0.15) is 0 Å². The predicted molar refractivity (Wildman–Crippen MR) is 79.6 cm³/mol. The zero-order valence-electron chi connectivity index (χ0n) is 10.8. The second-order valence-electron chi connectivity index (χ2n) is 4.77. The largest absolute Gasteiger partial charge is 0.371 e. The number of hydrogen-bond acceptors (Lipinski definition) is 3. The van der Waals surface area contributed by atoms with Gasteiger partial charge in [-0.3, -0.25) is 10.2 Å². The molecule has 0 aliphatic carbocycles. The Kier molecular flexibility index (Phi) is 4.74. The van der Waals surface area contributed by atoms with Gasteiger partial charge in [-0.05, 0) is 37.5 Å². The van der Waals surface area contributed by atoms with Gasteiger partial charge in [-0.15, -0.1) is 11.3 Å². The van der Waals surface area contributed by atoms with E-state index < -0.39 is 0 Å². The van der Waals surface area contributed by atoms with Crippen LogP contribution in [-0.2, 0) is 0 Å². The molecule has 1 unspecified atom stereocenters. The lowest BCUT2D eigenvalue weighted by Crippen LogP contribution is -2.31. The van der Waals surface area contributed by atoms with Gasteiger partial charge in [0, 0.05) is 17.3 Å². The molecule has 5 heteroatoms. The predicted octanol–water partition coefficient (Wildman–Crippen LogP) is 2.76. The van der Waals surface area contributed by atoms with Crippen LogP contribution in [0.3, 0.4) is 0 Å². The number of amidine groups is 1. The van der Waals surface area contributed by atoms with Gasteiger partial charge in [0.25, 0.3) is 5.91 Å². The molecule has 19 heavy (non-hydrogen) atoms. The van der Waals surface area contributed by atoms with Crippen LogP contribution in [0.1, 0.15) is 46.7 Å². The fraction of sp³-hybridized carbons (Fsp3) is 0.429. The maximum Gasteiger partial charge on any atom is 0.258 e. The molecule has 1 saturated heterocycles. The highest BCUT2D eigenvalue weighted by Crippen LogP contribution is 2.18. The molecule has 1 aliphatic rings. The highest BCUT2D eigenvalue weighted by Gasteiger charge is 2.12. The summed E-state index contributed by atoms with van der Waals surface area (Å²) >= 11 is 1.41. The molecule has 0 spiro atoms. The SMILES string of the molecule is N=C1CCCCC(C/C=C/c2ccc(C(N)=O)s2)N1. The van der Waals surface area contributed by atoms with Gasteiger partial charge in [0.15, 0.2) is 0 Å².